The number of ether oxygens (including phenoxy) is 9. The molecule has 25 atom stereocenters. The van der Waals surface area contributed by atoms with Gasteiger partial charge < -0.3 is 129 Å². The molecule has 0 radical (unpaired) electrons. The molecule has 0 aromatic heterocycles. The highest BCUT2D eigenvalue weighted by molar-refractivity contribution is 4.98. The normalized spacial score (nSPS) is 53.2. The third kappa shape index (κ3) is 9.31. The van der Waals surface area contributed by atoms with E-state index in [2.05, 4.69) is 0 Å². The first-order valence-corrected chi connectivity index (χ1v) is 17.6. The monoisotopic (exact) mass is 828 g/mol. The van der Waals surface area contributed by atoms with Crippen molar-refractivity contribution in [2.24, 2.45) is 0 Å². The minimum absolute atomic E-state index is 0.827. The fraction of sp³-hybridized carbons (Fsp3) is 1.00. The zero-order valence-corrected chi connectivity index (χ0v) is 29.2. The van der Waals surface area contributed by atoms with Gasteiger partial charge in [0.25, 0.3) is 0 Å². The van der Waals surface area contributed by atoms with Crippen LogP contribution in [-0.4, -0.2) is 273 Å². The van der Waals surface area contributed by atoms with E-state index in [4.69, 9.17) is 42.6 Å². The average molecular weight is 829 g/mol. The van der Waals surface area contributed by atoms with E-state index in [0.29, 0.717) is 0 Å². The van der Waals surface area contributed by atoms with Crippen LogP contribution in [0.5, 0.6) is 0 Å². The fourth-order valence-corrected chi connectivity index (χ4v) is 6.93. The van der Waals surface area contributed by atoms with Gasteiger partial charge in [-0.1, -0.05) is 0 Å². The van der Waals surface area contributed by atoms with Crippen molar-refractivity contribution in [3.05, 3.63) is 0 Å². The molecule has 0 saturated carbocycles. The number of aliphatic hydroxyl groups is 17. The van der Waals surface area contributed by atoms with E-state index in [1.165, 1.54) is 0 Å². The summed E-state index contributed by atoms with van der Waals surface area (Å²) in [5.41, 5.74) is 0. The Labute approximate surface area is 316 Å². The Balaban J connectivity index is 1.34. The quantitative estimate of drug-likeness (QED) is 0.0819. The van der Waals surface area contributed by atoms with E-state index in [1.54, 1.807) is 0 Å². The van der Waals surface area contributed by atoms with Gasteiger partial charge in [0, 0.05) is 0 Å². The molecule has 5 aliphatic rings. The van der Waals surface area contributed by atoms with Crippen LogP contribution < -0.4 is 0 Å². The number of aliphatic hydroxyl groups excluding tert-OH is 17. The fourth-order valence-electron chi connectivity index (χ4n) is 6.93. The van der Waals surface area contributed by atoms with Gasteiger partial charge in [-0.3, -0.25) is 0 Å². The Morgan fingerprint density at radius 2 is 0.625 bits per heavy atom. The first-order chi connectivity index (χ1) is 26.5. The lowest BCUT2D eigenvalue weighted by Gasteiger charge is -2.49. The summed E-state index contributed by atoms with van der Waals surface area (Å²) in [6.07, 6.45) is -46.3. The molecule has 26 nitrogen and oxygen atoms in total. The molecule has 328 valence electrons. The molecule has 17 N–H and O–H groups in total. The SMILES string of the molecule is OC[C@H]1O[C@@H](OC[C@H]2O[C@@H](O[C@H]3[C@H](O)[C@H](O)[C@H](O[C@H]4[C@H](O)[C@H](O)C(O)O[C@@H]4CO)O[C@@H]3CO)[C@@H](O)[C@@H](O)[C@@H]2O[C@@H]2O[C@H](CO)[C@@H](O)[C@H](O)[C@@H]2O)[C@H](O)[C@@H](O)[C@H]1O. The van der Waals surface area contributed by atoms with Crippen molar-refractivity contribution in [1.29, 1.82) is 0 Å². The molecule has 0 spiro atoms. The highest BCUT2D eigenvalue weighted by Gasteiger charge is 2.55. The summed E-state index contributed by atoms with van der Waals surface area (Å²) in [4.78, 5) is 0. The van der Waals surface area contributed by atoms with Gasteiger partial charge in [-0.2, -0.15) is 0 Å². The Kier molecular flexibility index (Phi) is 16.1. The second-order valence-electron chi connectivity index (χ2n) is 14.0. The molecule has 0 aliphatic carbocycles. The lowest BCUT2D eigenvalue weighted by Crippen LogP contribution is -2.67. The average Bonchev–Trinajstić information content (AvgIpc) is 3.19. The van der Waals surface area contributed by atoms with Crippen LogP contribution in [0.15, 0.2) is 0 Å². The molecule has 5 aliphatic heterocycles. The molecule has 5 saturated heterocycles. The van der Waals surface area contributed by atoms with Gasteiger partial charge in [0.15, 0.2) is 31.5 Å². The molecule has 56 heavy (non-hydrogen) atoms. The second kappa shape index (κ2) is 19.6. The summed E-state index contributed by atoms with van der Waals surface area (Å²) in [6, 6.07) is 0. The number of hydrogen-bond donors (Lipinski definition) is 17. The minimum atomic E-state index is -2.17. The molecule has 26 heteroatoms. The Hall–Kier alpha value is -1.04. The van der Waals surface area contributed by atoms with Gasteiger partial charge >= 0.3 is 0 Å². The Morgan fingerprint density at radius 3 is 1.07 bits per heavy atom. The maximum atomic E-state index is 11.3. The van der Waals surface area contributed by atoms with Crippen LogP contribution in [0.4, 0.5) is 0 Å². The first-order valence-electron chi connectivity index (χ1n) is 17.6. The summed E-state index contributed by atoms with van der Waals surface area (Å²) in [6.45, 7) is -4.37. The molecule has 5 heterocycles. The van der Waals surface area contributed by atoms with Crippen LogP contribution in [0.3, 0.4) is 0 Å². The maximum absolute atomic E-state index is 11.3. The summed E-state index contributed by atoms with van der Waals surface area (Å²) < 4.78 is 49.5. The van der Waals surface area contributed by atoms with E-state index < -0.39 is 187 Å². The summed E-state index contributed by atoms with van der Waals surface area (Å²) in [5, 5.41) is 176. The second-order valence-corrected chi connectivity index (χ2v) is 14.0. The van der Waals surface area contributed by atoms with Crippen molar-refractivity contribution >= 4 is 0 Å². The number of rotatable bonds is 13. The van der Waals surface area contributed by atoms with Crippen LogP contribution in [0.1, 0.15) is 0 Å². The molecular weight excluding hydrogens is 776 g/mol. The van der Waals surface area contributed by atoms with Crippen molar-refractivity contribution in [2.75, 3.05) is 33.0 Å². The Morgan fingerprint density at radius 1 is 0.304 bits per heavy atom. The molecule has 1 unspecified atom stereocenters. The van der Waals surface area contributed by atoms with Crippen LogP contribution >= 0.6 is 0 Å². The molecule has 0 aromatic carbocycles. The maximum Gasteiger partial charge on any atom is 0.187 e. The third-order valence-corrected chi connectivity index (χ3v) is 10.3. The zero-order valence-electron chi connectivity index (χ0n) is 29.2. The van der Waals surface area contributed by atoms with Crippen LogP contribution in [-0.2, 0) is 42.6 Å². The topological polar surface area (TPSA) is 427 Å². The van der Waals surface area contributed by atoms with Gasteiger partial charge in [0.1, 0.15) is 122 Å². The van der Waals surface area contributed by atoms with Crippen LogP contribution in [0.2, 0.25) is 0 Å². The first kappa shape index (κ1) is 46.0. The van der Waals surface area contributed by atoms with Crippen LogP contribution in [0.25, 0.3) is 0 Å². The molecule has 0 amide bonds. The van der Waals surface area contributed by atoms with Gasteiger partial charge in [0.05, 0.1) is 33.0 Å². The van der Waals surface area contributed by atoms with Crippen molar-refractivity contribution in [3.8, 4) is 0 Å². The molecule has 5 rings (SSSR count). The van der Waals surface area contributed by atoms with Crippen molar-refractivity contribution in [2.45, 2.75) is 154 Å². The Bertz CT molecular complexity index is 1200. The van der Waals surface area contributed by atoms with E-state index in [-0.39, 0.29) is 0 Å². The lowest BCUT2D eigenvalue weighted by molar-refractivity contribution is -0.391. The van der Waals surface area contributed by atoms with Gasteiger partial charge in [0.2, 0.25) is 0 Å². The molecule has 5 fully saturated rings. The predicted molar refractivity (Wildman–Crippen MR) is 167 cm³/mol. The van der Waals surface area contributed by atoms with Crippen molar-refractivity contribution in [1.82, 2.24) is 0 Å². The van der Waals surface area contributed by atoms with E-state index in [1.807, 2.05) is 0 Å². The lowest BCUT2D eigenvalue weighted by atomic mass is 9.95. The van der Waals surface area contributed by atoms with Crippen molar-refractivity contribution < 1.29 is 129 Å². The molecular formula is C30H52O26. The molecule has 0 aromatic rings. The van der Waals surface area contributed by atoms with Crippen LogP contribution in [0, 0.1) is 0 Å². The zero-order chi connectivity index (χ0) is 41.3. The minimum Gasteiger partial charge on any atom is -0.394 e. The number of hydrogen-bond acceptors (Lipinski definition) is 26. The summed E-state index contributed by atoms with van der Waals surface area (Å²) >= 11 is 0. The highest BCUT2D eigenvalue weighted by Crippen LogP contribution is 2.35. The standard InChI is InChI=1S/C30H52O26/c31-1-6-11(35)13(37)19(43)27(50-6)48-5-10-25(56-28-20(44)14(38)12(36)7(2-32)51-28)17(41)22(46)30(53-10)55-24-9(4-34)52-29(21(45)16(24)40)54-23-8(3-33)49-26(47)18(42)15(23)39/h6-47H,1-5H2/t6-,7-,8-,9-,10-,11+,12-,13+,14+,15-,16-,17-,18+,19-,20+,21+,22+,23-,24-,25-,26?,27-,28+,29+,30+/m1/s1. The predicted octanol–water partition coefficient (Wildman–Crippen LogP) is -11.9. The largest absolute Gasteiger partial charge is 0.394 e. The van der Waals surface area contributed by atoms with E-state index in [9.17, 15) is 86.8 Å². The highest BCUT2D eigenvalue weighted by atomic mass is 16.8. The van der Waals surface area contributed by atoms with Gasteiger partial charge in [-0.05, 0) is 0 Å². The van der Waals surface area contributed by atoms with E-state index >= 15 is 0 Å². The third-order valence-electron chi connectivity index (χ3n) is 10.3. The summed E-state index contributed by atoms with van der Waals surface area (Å²) in [5.74, 6) is 0. The summed E-state index contributed by atoms with van der Waals surface area (Å²) in [7, 11) is 0. The van der Waals surface area contributed by atoms with Gasteiger partial charge in [-0.25, -0.2) is 0 Å². The van der Waals surface area contributed by atoms with Crippen molar-refractivity contribution in [3.63, 3.8) is 0 Å². The van der Waals surface area contributed by atoms with Gasteiger partial charge in [-0.15, -0.1) is 0 Å². The molecule has 0 bridgehead atoms. The smallest absolute Gasteiger partial charge is 0.187 e. The van der Waals surface area contributed by atoms with E-state index in [0.717, 1.165) is 0 Å².